The molecule has 194 valence electrons. The molecule has 0 saturated heterocycles. The lowest BCUT2D eigenvalue weighted by Gasteiger charge is -2.18. The fourth-order valence-electron chi connectivity index (χ4n) is 4.18. The third kappa shape index (κ3) is 6.55. The summed E-state index contributed by atoms with van der Waals surface area (Å²) in [4.78, 5) is 27.3. The molecule has 38 heavy (non-hydrogen) atoms. The standard InChI is InChI=1S/C31H30N2O4S/c1-20-17-21(2)19-24(18-20)33-31(35)29(22-9-6-5-7-10-22)38-25-15-13-23(14-16-25)32-30(34)28-26(36-3)11-8-12-27(28)37-4/h5-19,29H,1-4H3,(H,32,34)(H,33,35). The van der Waals surface area contributed by atoms with Gasteiger partial charge in [-0.1, -0.05) is 42.5 Å². The Labute approximate surface area is 227 Å². The number of amides is 2. The maximum atomic E-state index is 13.4. The van der Waals surface area contributed by atoms with Crippen LogP contribution in [-0.2, 0) is 4.79 Å². The monoisotopic (exact) mass is 526 g/mol. The Morgan fingerprint density at radius 3 is 1.89 bits per heavy atom. The van der Waals surface area contributed by atoms with Gasteiger partial charge in [0.05, 0.1) is 14.2 Å². The summed E-state index contributed by atoms with van der Waals surface area (Å²) in [6.45, 7) is 4.02. The second-order valence-electron chi connectivity index (χ2n) is 8.79. The fourth-order valence-corrected chi connectivity index (χ4v) is 5.20. The van der Waals surface area contributed by atoms with Gasteiger partial charge in [-0.05, 0) is 79.1 Å². The van der Waals surface area contributed by atoms with E-state index < -0.39 is 5.25 Å². The first-order chi connectivity index (χ1) is 18.4. The first-order valence-electron chi connectivity index (χ1n) is 12.1. The molecular weight excluding hydrogens is 496 g/mol. The van der Waals surface area contributed by atoms with Crippen LogP contribution in [-0.4, -0.2) is 26.0 Å². The number of rotatable bonds is 9. The van der Waals surface area contributed by atoms with Crippen molar-refractivity contribution in [2.24, 2.45) is 0 Å². The van der Waals surface area contributed by atoms with Gasteiger partial charge in [0.1, 0.15) is 22.3 Å². The molecule has 0 radical (unpaired) electrons. The van der Waals surface area contributed by atoms with E-state index in [9.17, 15) is 9.59 Å². The van der Waals surface area contributed by atoms with Gasteiger partial charge in [0, 0.05) is 16.3 Å². The van der Waals surface area contributed by atoms with Crippen molar-refractivity contribution < 1.29 is 19.1 Å². The van der Waals surface area contributed by atoms with Crippen LogP contribution in [0, 0.1) is 13.8 Å². The van der Waals surface area contributed by atoms with Crippen LogP contribution in [0.3, 0.4) is 0 Å². The smallest absolute Gasteiger partial charge is 0.263 e. The molecule has 1 unspecified atom stereocenters. The van der Waals surface area contributed by atoms with Crippen LogP contribution in [0.4, 0.5) is 11.4 Å². The van der Waals surface area contributed by atoms with E-state index in [1.165, 1.54) is 26.0 Å². The Morgan fingerprint density at radius 2 is 1.32 bits per heavy atom. The van der Waals surface area contributed by atoms with Gasteiger partial charge in [0.15, 0.2) is 0 Å². The molecule has 0 bridgehead atoms. The van der Waals surface area contributed by atoms with Crippen LogP contribution in [0.15, 0.2) is 95.9 Å². The number of carbonyl (C=O) groups excluding carboxylic acids is 2. The van der Waals surface area contributed by atoms with E-state index in [1.54, 1.807) is 18.2 Å². The third-order valence-electron chi connectivity index (χ3n) is 5.85. The van der Waals surface area contributed by atoms with Crippen LogP contribution in [0.25, 0.3) is 0 Å². The van der Waals surface area contributed by atoms with Gasteiger partial charge in [0.2, 0.25) is 5.91 Å². The highest BCUT2D eigenvalue weighted by Crippen LogP contribution is 2.37. The van der Waals surface area contributed by atoms with Crippen LogP contribution in [0.1, 0.15) is 32.3 Å². The Kier molecular flexibility index (Phi) is 8.71. The average Bonchev–Trinajstić information content (AvgIpc) is 2.91. The molecule has 1 atom stereocenters. The van der Waals surface area contributed by atoms with Gasteiger partial charge in [-0.3, -0.25) is 9.59 Å². The van der Waals surface area contributed by atoms with Gasteiger partial charge in [-0.2, -0.15) is 0 Å². The van der Waals surface area contributed by atoms with E-state index in [2.05, 4.69) is 16.7 Å². The number of hydrogen-bond donors (Lipinski definition) is 2. The summed E-state index contributed by atoms with van der Waals surface area (Å²) in [6, 6.07) is 28.3. The Bertz CT molecular complexity index is 1380. The van der Waals surface area contributed by atoms with Crippen molar-refractivity contribution in [1.29, 1.82) is 0 Å². The second kappa shape index (κ2) is 12.3. The molecule has 2 amide bonds. The average molecular weight is 527 g/mol. The topological polar surface area (TPSA) is 76.7 Å². The number of methoxy groups -OCH3 is 2. The lowest BCUT2D eigenvalue weighted by Crippen LogP contribution is -2.19. The van der Waals surface area contributed by atoms with Crippen molar-refractivity contribution in [1.82, 2.24) is 0 Å². The Hall–Kier alpha value is -4.23. The van der Waals surface area contributed by atoms with E-state index in [4.69, 9.17) is 9.47 Å². The van der Waals surface area contributed by atoms with Crippen molar-refractivity contribution in [2.45, 2.75) is 24.0 Å². The van der Waals surface area contributed by atoms with E-state index in [0.29, 0.717) is 22.7 Å². The van der Waals surface area contributed by atoms with E-state index in [0.717, 1.165) is 27.3 Å². The van der Waals surface area contributed by atoms with Gasteiger partial charge in [-0.15, -0.1) is 11.8 Å². The summed E-state index contributed by atoms with van der Waals surface area (Å²) >= 11 is 1.45. The highest BCUT2D eigenvalue weighted by atomic mass is 32.2. The molecule has 7 heteroatoms. The molecule has 2 N–H and O–H groups in total. The Morgan fingerprint density at radius 1 is 0.711 bits per heavy atom. The van der Waals surface area contributed by atoms with Crippen LogP contribution >= 0.6 is 11.8 Å². The summed E-state index contributed by atoms with van der Waals surface area (Å²) in [6.07, 6.45) is 0. The quantitative estimate of drug-likeness (QED) is 0.229. The number of hydrogen-bond acceptors (Lipinski definition) is 5. The van der Waals surface area contributed by atoms with Crippen molar-refractivity contribution in [3.8, 4) is 11.5 Å². The predicted octanol–water partition coefficient (Wildman–Crippen LogP) is 7.05. The number of ether oxygens (including phenoxy) is 2. The lowest BCUT2D eigenvalue weighted by molar-refractivity contribution is -0.115. The molecule has 0 aromatic heterocycles. The minimum Gasteiger partial charge on any atom is -0.496 e. The van der Waals surface area contributed by atoms with E-state index in [1.807, 2.05) is 80.6 Å². The van der Waals surface area contributed by atoms with Crippen molar-refractivity contribution in [3.63, 3.8) is 0 Å². The number of benzene rings is 4. The summed E-state index contributed by atoms with van der Waals surface area (Å²) in [7, 11) is 3.02. The third-order valence-corrected chi connectivity index (χ3v) is 7.12. The van der Waals surface area contributed by atoms with Crippen LogP contribution in [0.5, 0.6) is 11.5 Å². The maximum Gasteiger partial charge on any atom is 0.263 e. The minimum absolute atomic E-state index is 0.105. The van der Waals surface area contributed by atoms with Crippen LogP contribution < -0.4 is 20.1 Å². The molecule has 0 fully saturated rings. The van der Waals surface area contributed by atoms with Gasteiger partial charge < -0.3 is 20.1 Å². The Balaban J connectivity index is 1.52. The number of aryl methyl sites for hydroxylation is 2. The number of anilines is 2. The molecule has 4 aromatic rings. The highest BCUT2D eigenvalue weighted by Gasteiger charge is 2.23. The summed E-state index contributed by atoms with van der Waals surface area (Å²) < 4.78 is 10.7. The van der Waals surface area contributed by atoms with Crippen molar-refractivity contribution >= 4 is 35.0 Å². The SMILES string of the molecule is COc1cccc(OC)c1C(=O)Nc1ccc(SC(C(=O)Nc2cc(C)cc(C)c2)c2ccccc2)cc1. The molecule has 0 spiro atoms. The number of carbonyl (C=O) groups is 2. The maximum absolute atomic E-state index is 13.4. The van der Waals surface area contributed by atoms with Gasteiger partial charge >= 0.3 is 0 Å². The zero-order valence-electron chi connectivity index (χ0n) is 21.8. The molecule has 4 aromatic carbocycles. The minimum atomic E-state index is -0.463. The van der Waals surface area contributed by atoms with Gasteiger partial charge in [0.25, 0.3) is 5.91 Å². The molecule has 0 heterocycles. The van der Waals surface area contributed by atoms with Crippen LogP contribution in [0.2, 0.25) is 0 Å². The van der Waals surface area contributed by atoms with Gasteiger partial charge in [-0.25, -0.2) is 0 Å². The molecule has 0 saturated carbocycles. The summed E-state index contributed by atoms with van der Waals surface area (Å²) in [5, 5.41) is 5.51. The zero-order valence-corrected chi connectivity index (χ0v) is 22.6. The normalized spacial score (nSPS) is 11.4. The zero-order chi connectivity index (χ0) is 27.1. The van der Waals surface area contributed by atoms with Crippen molar-refractivity contribution in [2.75, 3.05) is 24.9 Å². The first-order valence-corrected chi connectivity index (χ1v) is 13.0. The highest BCUT2D eigenvalue weighted by molar-refractivity contribution is 8.00. The largest absolute Gasteiger partial charge is 0.496 e. The molecule has 0 aliphatic rings. The molecular formula is C31H30N2O4S. The second-order valence-corrected chi connectivity index (χ2v) is 9.97. The number of thioether (sulfide) groups is 1. The predicted molar refractivity (Wildman–Crippen MR) is 154 cm³/mol. The lowest BCUT2D eigenvalue weighted by atomic mass is 10.1. The first kappa shape index (κ1) is 26.8. The molecule has 0 aliphatic carbocycles. The van der Waals surface area contributed by atoms with E-state index in [-0.39, 0.29) is 11.8 Å². The summed E-state index contributed by atoms with van der Waals surface area (Å²) in [5.41, 5.74) is 4.80. The number of nitrogens with one attached hydrogen (secondary N) is 2. The van der Waals surface area contributed by atoms with E-state index >= 15 is 0 Å². The molecule has 4 rings (SSSR count). The van der Waals surface area contributed by atoms with Crippen molar-refractivity contribution in [3.05, 3.63) is 113 Å². The summed E-state index contributed by atoms with van der Waals surface area (Å²) in [5.74, 6) is 0.408. The fraction of sp³-hybridized carbons (Fsp3) is 0.161. The molecule has 6 nitrogen and oxygen atoms in total. The molecule has 0 aliphatic heterocycles.